The van der Waals surface area contributed by atoms with Crippen LogP contribution in [0.5, 0.6) is 11.5 Å². The Morgan fingerprint density at radius 3 is 2.18 bits per heavy atom. The summed E-state index contributed by atoms with van der Waals surface area (Å²) in [5.74, 6) is -0.556. The predicted octanol–water partition coefficient (Wildman–Crippen LogP) is 6.24. The predicted molar refractivity (Wildman–Crippen MR) is 150 cm³/mol. The number of halogens is 2. The molecule has 0 saturated carbocycles. The van der Waals surface area contributed by atoms with Crippen molar-refractivity contribution in [1.29, 1.82) is 0 Å². The van der Waals surface area contributed by atoms with Crippen LogP contribution in [0.25, 0.3) is 0 Å². The molecule has 0 saturated heterocycles. The van der Waals surface area contributed by atoms with Gasteiger partial charge in [0.15, 0.2) is 0 Å². The van der Waals surface area contributed by atoms with E-state index in [-0.39, 0.29) is 22.2 Å². The second-order valence-corrected chi connectivity index (χ2v) is 8.85. The first-order valence-electron chi connectivity index (χ1n) is 11.5. The Hall–Kier alpha value is -4.66. The average molecular weight is 562 g/mol. The molecule has 4 rings (SSSR count). The average Bonchev–Trinajstić information content (AvgIpc) is 2.94. The molecule has 0 aromatic heterocycles. The maximum absolute atomic E-state index is 12.6. The van der Waals surface area contributed by atoms with Gasteiger partial charge in [-0.05, 0) is 78.9 Å². The van der Waals surface area contributed by atoms with Gasteiger partial charge in [0.25, 0.3) is 11.8 Å². The third-order valence-electron chi connectivity index (χ3n) is 5.40. The minimum atomic E-state index is -0.666. The van der Waals surface area contributed by atoms with Crippen LogP contribution in [0.15, 0.2) is 96.1 Å². The molecule has 0 heterocycles. The maximum Gasteiger partial charge on any atom is 0.345 e. The van der Waals surface area contributed by atoms with Crippen LogP contribution in [-0.2, 0) is 0 Å². The standard InChI is InChI=1S/C29H21Cl2N3O5/c1-38-23-13-8-18(9-14-23)27(35)33-22-11-6-19(7-12-22)28(36)34-32-17-20-4-2-3-5-26(20)39-29(37)24-15-10-21(30)16-25(24)31/h2-17H,1H3,(H,33,35)(H,34,36)/b32-17-. The van der Waals surface area contributed by atoms with Crippen LogP contribution in [0.4, 0.5) is 5.69 Å². The van der Waals surface area contributed by atoms with Crippen LogP contribution in [0.1, 0.15) is 36.6 Å². The highest BCUT2D eigenvalue weighted by Crippen LogP contribution is 2.24. The Balaban J connectivity index is 1.36. The molecule has 0 aliphatic carbocycles. The largest absolute Gasteiger partial charge is 0.497 e. The number of methoxy groups -OCH3 is 1. The number of anilines is 1. The summed E-state index contributed by atoms with van der Waals surface area (Å²) in [5.41, 5.74) is 4.35. The highest BCUT2D eigenvalue weighted by Gasteiger charge is 2.15. The monoisotopic (exact) mass is 561 g/mol. The number of amides is 2. The van der Waals surface area contributed by atoms with E-state index < -0.39 is 11.9 Å². The molecule has 0 aliphatic rings. The number of carbonyl (C=O) groups excluding carboxylic acids is 3. The van der Waals surface area contributed by atoms with Crippen molar-refractivity contribution in [1.82, 2.24) is 5.43 Å². The third-order valence-corrected chi connectivity index (χ3v) is 5.95. The van der Waals surface area contributed by atoms with E-state index in [1.54, 1.807) is 79.9 Å². The van der Waals surface area contributed by atoms with Gasteiger partial charge in [0.1, 0.15) is 11.5 Å². The molecular weight excluding hydrogens is 541 g/mol. The molecule has 0 aliphatic heterocycles. The summed E-state index contributed by atoms with van der Waals surface area (Å²) in [4.78, 5) is 37.5. The van der Waals surface area contributed by atoms with Gasteiger partial charge in [0.05, 0.1) is 23.9 Å². The quantitative estimate of drug-likeness (QED) is 0.115. The van der Waals surface area contributed by atoms with E-state index in [1.165, 1.54) is 24.4 Å². The second kappa shape index (κ2) is 12.7. The molecule has 8 nitrogen and oxygen atoms in total. The van der Waals surface area contributed by atoms with Gasteiger partial charge >= 0.3 is 5.97 Å². The van der Waals surface area contributed by atoms with E-state index in [0.717, 1.165) is 0 Å². The Morgan fingerprint density at radius 2 is 1.49 bits per heavy atom. The van der Waals surface area contributed by atoms with E-state index in [4.69, 9.17) is 32.7 Å². The molecule has 4 aromatic carbocycles. The molecule has 0 atom stereocenters. The fourth-order valence-electron chi connectivity index (χ4n) is 3.37. The third kappa shape index (κ3) is 7.22. The van der Waals surface area contributed by atoms with Gasteiger partial charge < -0.3 is 14.8 Å². The second-order valence-electron chi connectivity index (χ2n) is 8.01. The van der Waals surface area contributed by atoms with E-state index in [2.05, 4.69) is 15.8 Å². The molecule has 0 bridgehead atoms. The molecule has 0 unspecified atom stereocenters. The number of carbonyl (C=O) groups is 3. The molecular formula is C29H21Cl2N3O5. The SMILES string of the molecule is COc1ccc(C(=O)Nc2ccc(C(=O)N/N=C\c3ccccc3OC(=O)c3ccc(Cl)cc3Cl)cc2)cc1. The molecule has 196 valence electrons. The lowest BCUT2D eigenvalue weighted by Crippen LogP contribution is -2.18. The normalized spacial score (nSPS) is 10.6. The van der Waals surface area contributed by atoms with Crippen LogP contribution in [0, 0.1) is 0 Å². The summed E-state index contributed by atoms with van der Waals surface area (Å²) >= 11 is 12.0. The number of benzene rings is 4. The maximum atomic E-state index is 12.6. The van der Waals surface area contributed by atoms with Crippen molar-refractivity contribution >= 4 is 52.9 Å². The Labute approximate surface area is 234 Å². The van der Waals surface area contributed by atoms with Gasteiger partial charge in [-0.3, -0.25) is 9.59 Å². The first-order valence-corrected chi connectivity index (χ1v) is 12.2. The van der Waals surface area contributed by atoms with Gasteiger partial charge in [0, 0.05) is 27.4 Å². The lowest BCUT2D eigenvalue weighted by molar-refractivity contribution is 0.0734. The number of hydrazone groups is 1. The fourth-order valence-corrected chi connectivity index (χ4v) is 3.85. The van der Waals surface area contributed by atoms with Gasteiger partial charge in [-0.2, -0.15) is 5.10 Å². The number of hydrogen-bond acceptors (Lipinski definition) is 6. The molecule has 10 heteroatoms. The van der Waals surface area contributed by atoms with E-state index in [1.807, 2.05) is 0 Å². The van der Waals surface area contributed by atoms with Crippen molar-refractivity contribution in [2.75, 3.05) is 12.4 Å². The van der Waals surface area contributed by atoms with Gasteiger partial charge in [-0.15, -0.1) is 0 Å². The molecule has 39 heavy (non-hydrogen) atoms. The number of esters is 1. The van der Waals surface area contributed by atoms with E-state index in [9.17, 15) is 14.4 Å². The Bertz CT molecular complexity index is 1540. The fraction of sp³-hybridized carbons (Fsp3) is 0.0345. The lowest BCUT2D eigenvalue weighted by Gasteiger charge is -2.09. The Morgan fingerprint density at radius 1 is 0.821 bits per heavy atom. The van der Waals surface area contributed by atoms with Crippen LogP contribution >= 0.6 is 23.2 Å². The van der Waals surface area contributed by atoms with Gasteiger partial charge in [-0.25, -0.2) is 10.2 Å². The summed E-state index contributed by atoms with van der Waals surface area (Å²) < 4.78 is 10.6. The zero-order valence-corrected chi connectivity index (χ0v) is 22.0. The summed E-state index contributed by atoms with van der Waals surface area (Å²) in [6, 6.07) is 24.2. The van der Waals surface area contributed by atoms with Crippen molar-refractivity contribution in [3.63, 3.8) is 0 Å². The molecule has 0 radical (unpaired) electrons. The smallest absolute Gasteiger partial charge is 0.345 e. The molecule has 0 fully saturated rings. The minimum Gasteiger partial charge on any atom is -0.497 e. The van der Waals surface area contributed by atoms with Crippen molar-refractivity contribution in [2.45, 2.75) is 0 Å². The number of para-hydroxylation sites is 1. The number of nitrogens with zero attached hydrogens (tertiary/aromatic N) is 1. The van der Waals surface area contributed by atoms with Crippen molar-refractivity contribution in [2.24, 2.45) is 5.10 Å². The number of rotatable bonds is 8. The van der Waals surface area contributed by atoms with Gasteiger partial charge in [-0.1, -0.05) is 35.3 Å². The van der Waals surface area contributed by atoms with Crippen molar-refractivity contribution < 1.29 is 23.9 Å². The molecule has 0 spiro atoms. The summed E-state index contributed by atoms with van der Waals surface area (Å²) in [6.07, 6.45) is 1.35. The first-order chi connectivity index (χ1) is 18.8. The number of nitrogens with one attached hydrogen (secondary N) is 2. The summed E-state index contributed by atoms with van der Waals surface area (Å²) in [7, 11) is 1.55. The van der Waals surface area contributed by atoms with E-state index >= 15 is 0 Å². The van der Waals surface area contributed by atoms with Crippen molar-refractivity contribution in [3.05, 3.63) is 123 Å². The molecule has 2 N–H and O–H groups in total. The zero-order valence-electron chi connectivity index (χ0n) is 20.5. The van der Waals surface area contributed by atoms with Crippen LogP contribution in [-0.4, -0.2) is 31.1 Å². The highest BCUT2D eigenvalue weighted by molar-refractivity contribution is 6.36. The number of hydrogen-bond donors (Lipinski definition) is 2. The van der Waals surface area contributed by atoms with Gasteiger partial charge in [0.2, 0.25) is 0 Å². The van der Waals surface area contributed by atoms with Crippen LogP contribution < -0.4 is 20.2 Å². The number of ether oxygens (including phenoxy) is 2. The zero-order chi connectivity index (χ0) is 27.8. The lowest BCUT2D eigenvalue weighted by atomic mass is 10.1. The van der Waals surface area contributed by atoms with Crippen LogP contribution in [0.2, 0.25) is 10.0 Å². The molecule has 2 amide bonds. The van der Waals surface area contributed by atoms with Crippen molar-refractivity contribution in [3.8, 4) is 11.5 Å². The molecule has 4 aromatic rings. The van der Waals surface area contributed by atoms with Crippen LogP contribution in [0.3, 0.4) is 0 Å². The van der Waals surface area contributed by atoms with E-state index in [0.29, 0.717) is 33.1 Å². The Kier molecular flexibility index (Phi) is 8.94. The summed E-state index contributed by atoms with van der Waals surface area (Å²) in [5, 5.41) is 7.30. The first kappa shape index (κ1) is 27.4. The highest BCUT2D eigenvalue weighted by atomic mass is 35.5. The minimum absolute atomic E-state index is 0.157. The topological polar surface area (TPSA) is 106 Å². The summed E-state index contributed by atoms with van der Waals surface area (Å²) in [6.45, 7) is 0.